The Kier molecular flexibility index (Phi) is 4.59. The Morgan fingerprint density at radius 3 is 3.18 bits per heavy atom. The lowest BCUT2D eigenvalue weighted by Gasteiger charge is -2.28. The number of aromatic nitrogens is 2. The number of aryl methyl sites for hydroxylation is 1. The summed E-state index contributed by atoms with van der Waals surface area (Å²) in [5.74, 6) is 0.298. The Labute approximate surface area is 111 Å². The third-order valence-electron chi connectivity index (χ3n) is 3.33. The van der Waals surface area contributed by atoms with Gasteiger partial charge in [0, 0.05) is 19.0 Å². The summed E-state index contributed by atoms with van der Waals surface area (Å²) in [7, 11) is 0. The molecule has 96 valence electrons. The molecule has 1 aliphatic heterocycles. The van der Waals surface area contributed by atoms with E-state index in [1.54, 1.807) is 6.20 Å². The highest BCUT2D eigenvalue weighted by Crippen LogP contribution is 2.31. The van der Waals surface area contributed by atoms with Crippen LogP contribution < -0.4 is 5.32 Å². The molecule has 1 saturated heterocycles. The van der Waals surface area contributed by atoms with Crippen molar-refractivity contribution in [1.29, 1.82) is 0 Å². The lowest BCUT2D eigenvalue weighted by molar-refractivity contribution is 0.0830. The van der Waals surface area contributed by atoms with Crippen molar-refractivity contribution in [2.24, 2.45) is 5.92 Å². The lowest BCUT2D eigenvalue weighted by Crippen LogP contribution is -2.34. The number of nitrogens with zero attached hydrogens (tertiary/aromatic N) is 2. The Morgan fingerprint density at radius 2 is 2.53 bits per heavy atom. The van der Waals surface area contributed by atoms with E-state index in [0.29, 0.717) is 5.92 Å². The minimum Gasteiger partial charge on any atom is -0.386 e. The Morgan fingerprint density at radius 1 is 1.71 bits per heavy atom. The van der Waals surface area contributed by atoms with Crippen LogP contribution in [0.1, 0.15) is 38.0 Å². The number of aliphatic hydroxyl groups excluding tert-OH is 1. The molecule has 0 amide bonds. The molecular formula is C12H20BrN3O. The molecule has 0 aromatic carbocycles. The van der Waals surface area contributed by atoms with Crippen molar-refractivity contribution in [2.75, 3.05) is 13.1 Å². The molecule has 4 nitrogen and oxygen atoms in total. The molecule has 5 heteroatoms. The topological polar surface area (TPSA) is 50.1 Å². The highest BCUT2D eigenvalue weighted by Gasteiger charge is 2.27. The lowest BCUT2D eigenvalue weighted by atomic mass is 9.92. The van der Waals surface area contributed by atoms with Gasteiger partial charge < -0.3 is 10.4 Å². The van der Waals surface area contributed by atoms with Gasteiger partial charge in [0.05, 0.1) is 16.4 Å². The van der Waals surface area contributed by atoms with Crippen LogP contribution in [-0.2, 0) is 6.54 Å². The van der Waals surface area contributed by atoms with Crippen LogP contribution in [0, 0.1) is 5.92 Å². The minimum absolute atomic E-state index is 0.298. The van der Waals surface area contributed by atoms with Crippen molar-refractivity contribution >= 4 is 15.9 Å². The van der Waals surface area contributed by atoms with Crippen molar-refractivity contribution in [1.82, 2.24) is 15.1 Å². The molecule has 1 aliphatic rings. The van der Waals surface area contributed by atoms with Gasteiger partial charge in [-0.15, -0.1) is 0 Å². The van der Waals surface area contributed by atoms with Crippen molar-refractivity contribution in [3.8, 4) is 0 Å². The van der Waals surface area contributed by atoms with Crippen LogP contribution in [0.2, 0.25) is 0 Å². The number of nitrogens with one attached hydrogen (secondary N) is 1. The zero-order valence-corrected chi connectivity index (χ0v) is 11.8. The summed E-state index contributed by atoms with van der Waals surface area (Å²) in [6.45, 7) is 4.94. The van der Waals surface area contributed by atoms with E-state index in [-0.39, 0.29) is 0 Å². The maximum atomic E-state index is 10.5. The van der Waals surface area contributed by atoms with E-state index in [0.717, 1.165) is 49.1 Å². The molecule has 2 rings (SSSR count). The molecule has 0 saturated carbocycles. The first-order valence-corrected chi connectivity index (χ1v) is 7.13. The first-order chi connectivity index (χ1) is 8.24. The van der Waals surface area contributed by atoms with Gasteiger partial charge in [-0.1, -0.05) is 6.92 Å². The second-order valence-corrected chi connectivity index (χ2v) is 5.51. The Bertz CT molecular complexity index is 361. The first kappa shape index (κ1) is 13.1. The van der Waals surface area contributed by atoms with Gasteiger partial charge in [-0.3, -0.25) is 4.68 Å². The summed E-state index contributed by atoms with van der Waals surface area (Å²) in [6, 6.07) is 0. The fraction of sp³-hybridized carbons (Fsp3) is 0.750. The molecule has 0 bridgehead atoms. The average molecular weight is 302 g/mol. The standard InChI is InChI=1S/C12H20BrN3O/c1-2-6-16-11(10(13)8-15-16)12(17)9-4-3-5-14-7-9/h8-9,12,14,17H,2-7H2,1H3. The molecular weight excluding hydrogens is 282 g/mol. The Balaban J connectivity index is 2.16. The molecule has 2 N–H and O–H groups in total. The fourth-order valence-electron chi connectivity index (χ4n) is 2.43. The van der Waals surface area contributed by atoms with Crippen molar-refractivity contribution in [2.45, 2.75) is 38.8 Å². The second kappa shape index (κ2) is 5.98. The molecule has 1 aromatic heterocycles. The SMILES string of the molecule is CCCn1ncc(Br)c1C(O)C1CCCNC1. The minimum atomic E-state index is -0.425. The molecule has 17 heavy (non-hydrogen) atoms. The summed E-state index contributed by atoms with van der Waals surface area (Å²) < 4.78 is 2.84. The molecule has 0 aliphatic carbocycles. The first-order valence-electron chi connectivity index (χ1n) is 6.34. The number of rotatable bonds is 4. The van der Waals surface area contributed by atoms with Crippen LogP contribution in [0.4, 0.5) is 0 Å². The van der Waals surface area contributed by atoms with E-state index < -0.39 is 6.10 Å². The van der Waals surface area contributed by atoms with Gasteiger partial charge in [-0.2, -0.15) is 5.10 Å². The molecule has 0 radical (unpaired) electrons. The smallest absolute Gasteiger partial charge is 0.101 e. The molecule has 0 spiro atoms. The molecule has 2 atom stereocenters. The van der Waals surface area contributed by atoms with Gasteiger partial charge in [0.15, 0.2) is 0 Å². The highest BCUT2D eigenvalue weighted by molar-refractivity contribution is 9.10. The number of hydrogen-bond acceptors (Lipinski definition) is 3. The van der Waals surface area contributed by atoms with E-state index in [4.69, 9.17) is 0 Å². The van der Waals surface area contributed by atoms with Gasteiger partial charge in [0.1, 0.15) is 6.10 Å². The van der Waals surface area contributed by atoms with E-state index in [1.807, 2.05) is 4.68 Å². The summed E-state index contributed by atoms with van der Waals surface area (Å²) in [5.41, 5.74) is 0.931. The predicted octanol–water partition coefficient (Wildman–Crippen LogP) is 2.09. The third-order valence-corrected chi connectivity index (χ3v) is 3.94. The highest BCUT2D eigenvalue weighted by atomic mass is 79.9. The zero-order valence-electron chi connectivity index (χ0n) is 10.2. The van der Waals surface area contributed by atoms with E-state index in [1.165, 1.54) is 0 Å². The summed E-state index contributed by atoms with van der Waals surface area (Å²) in [6.07, 6.45) is 4.60. The summed E-state index contributed by atoms with van der Waals surface area (Å²) in [5, 5.41) is 18.1. The summed E-state index contributed by atoms with van der Waals surface area (Å²) in [4.78, 5) is 0. The molecule has 2 unspecified atom stereocenters. The monoisotopic (exact) mass is 301 g/mol. The molecule has 1 aromatic rings. The summed E-state index contributed by atoms with van der Waals surface area (Å²) >= 11 is 3.49. The van der Waals surface area contributed by atoms with E-state index in [9.17, 15) is 5.11 Å². The van der Waals surface area contributed by atoms with Crippen LogP contribution in [-0.4, -0.2) is 28.0 Å². The molecule has 1 fully saturated rings. The van der Waals surface area contributed by atoms with E-state index >= 15 is 0 Å². The van der Waals surface area contributed by atoms with Gasteiger partial charge in [-0.05, 0) is 41.7 Å². The average Bonchev–Trinajstić information content (AvgIpc) is 2.71. The van der Waals surface area contributed by atoms with Crippen molar-refractivity contribution in [3.63, 3.8) is 0 Å². The van der Waals surface area contributed by atoms with Gasteiger partial charge in [0.25, 0.3) is 0 Å². The van der Waals surface area contributed by atoms with Crippen LogP contribution in [0.3, 0.4) is 0 Å². The quantitative estimate of drug-likeness (QED) is 0.895. The number of aliphatic hydroxyl groups is 1. The van der Waals surface area contributed by atoms with Crippen molar-refractivity contribution < 1.29 is 5.11 Å². The maximum absolute atomic E-state index is 10.5. The molecule has 2 heterocycles. The predicted molar refractivity (Wildman–Crippen MR) is 70.8 cm³/mol. The van der Waals surface area contributed by atoms with E-state index in [2.05, 4.69) is 33.3 Å². The second-order valence-electron chi connectivity index (χ2n) is 4.65. The number of halogens is 1. The van der Waals surface area contributed by atoms with Gasteiger partial charge in [0.2, 0.25) is 0 Å². The maximum Gasteiger partial charge on any atom is 0.101 e. The van der Waals surface area contributed by atoms with Crippen LogP contribution in [0.5, 0.6) is 0 Å². The van der Waals surface area contributed by atoms with Gasteiger partial charge in [-0.25, -0.2) is 0 Å². The number of piperidine rings is 1. The van der Waals surface area contributed by atoms with Crippen LogP contribution in [0.15, 0.2) is 10.7 Å². The van der Waals surface area contributed by atoms with Gasteiger partial charge >= 0.3 is 0 Å². The van der Waals surface area contributed by atoms with Crippen molar-refractivity contribution in [3.05, 3.63) is 16.4 Å². The third kappa shape index (κ3) is 2.89. The largest absolute Gasteiger partial charge is 0.386 e. The normalized spacial score (nSPS) is 22.6. The zero-order chi connectivity index (χ0) is 12.3. The number of hydrogen-bond donors (Lipinski definition) is 2. The Hall–Kier alpha value is -0.390. The fourth-order valence-corrected chi connectivity index (χ4v) is 2.96. The van der Waals surface area contributed by atoms with Crippen LogP contribution in [0.25, 0.3) is 0 Å². The van der Waals surface area contributed by atoms with Crippen LogP contribution >= 0.6 is 15.9 Å².